The number of fused-ring (bicyclic) bond motifs is 3. The number of aliphatic hydroxyl groups is 2. The first-order chi connectivity index (χ1) is 16.0. The van der Waals surface area contributed by atoms with Crippen molar-refractivity contribution in [3.8, 4) is 11.1 Å². The number of aliphatic hydroxyl groups excluding tert-OH is 2. The molecular formula is C25H25N3O5. The van der Waals surface area contributed by atoms with Gasteiger partial charge in [0.05, 0.1) is 0 Å². The normalized spacial score (nSPS) is 14.0. The SMILES string of the molecule is NNC(=O)c1cccc(C(O)C(O)CNC(=O)OCC2c3ccccc3-c3ccccc32)c1. The van der Waals surface area contributed by atoms with E-state index >= 15 is 0 Å². The third kappa shape index (κ3) is 4.73. The molecule has 0 aromatic heterocycles. The van der Waals surface area contributed by atoms with Gasteiger partial charge in [-0.1, -0.05) is 60.7 Å². The Balaban J connectivity index is 1.33. The van der Waals surface area contributed by atoms with E-state index in [0.717, 1.165) is 22.3 Å². The third-order valence-corrected chi connectivity index (χ3v) is 5.79. The predicted molar refractivity (Wildman–Crippen MR) is 122 cm³/mol. The van der Waals surface area contributed by atoms with E-state index in [1.54, 1.807) is 12.1 Å². The van der Waals surface area contributed by atoms with Crippen LogP contribution < -0.4 is 16.6 Å². The average Bonchev–Trinajstić information content (AvgIpc) is 3.18. The van der Waals surface area contributed by atoms with Crippen LogP contribution in [0.3, 0.4) is 0 Å². The van der Waals surface area contributed by atoms with E-state index in [1.165, 1.54) is 12.1 Å². The fraction of sp³-hybridized carbons (Fsp3) is 0.200. The van der Waals surface area contributed by atoms with Crippen molar-refractivity contribution in [2.75, 3.05) is 13.2 Å². The standard InChI is InChI=1S/C25H25N3O5/c26-28-24(31)16-7-5-6-15(12-16)23(30)22(29)13-27-25(32)33-14-21-19-10-3-1-8-17(19)18-9-2-4-11-20(18)21/h1-12,21-23,29-30H,13-14,26H2,(H,27,32)(H,28,31). The second-order valence-electron chi connectivity index (χ2n) is 7.82. The van der Waals surface area contributed by atoms with Crippen LogP contribution >= 0.6 is 0 Å². The van der Waals surface area contributed by atoms with Gasteiger partial charge in [-0.3, -0.25) is 10.2 Å². The lowest BCUT2D eigenvalue weighted by Gasteiger charge is -2.20. The van der Waals surface area contributed by atoms with Crippen molar-refractivity contribution in [3.05, 3.63) is 95.1 Å². The number of carbonyl (C=O) groups is 2. The Morgan fingerprint density at radius 1 is 0.939 bits per heavy atom. The zero-order valence-electron chi connectivity index (χ0n) is 17.8. The van der Waals surface area contributed by atoms with Gasteiger partial charge in [0.15, 0.2) is 0 Å². The lowest BCUT2D eigenvalue weighted by molar-refractivity contribution is 0.0185. The monoisotopic (exact) mass is 447 g/mol. The number of hydrazine groups is 1. The number of amides is 2. The lowest BCUT2D eigenvalue weighted by atomic mass is 9.98. The first-order valence-corrected chi connectivity index (χ1v) is 10.6. The molecule has 8 heteroatoms. The van der Waals surface area contributed by atoms with Gasteiger partial charge in [-0.15, -0.1) is 0 Å². The van der Waals surface area contributed by atoms with E-state index in [2.05, 4.69) is 17.4 Å². The Kier molecular flexibility index (Phi) is 6.69. The van der Waals surface area contributed by atoms with Crippen LogP contribution in [0.5, 0.6) is 0 Å². The maximum Gasteiger partial charge on any atom is 0.407 e. The maximum absolute atomic E-state index is 12.3. The first-order valence-electron chi connectivity index (χ1n) is 10.6. The predicted octanol–water partition coefficient (Wildman–Crippen LogP) is 2.22. The number of alkyl carbamates (subject to hydrolysis) is 1. The van der Waals surface area contributed by atoms with Gasteiger partial charge >= 0.3 is 6.09 Å². The summed E-state index contributed by atoms with van der Waals surface area (Å²) < 4.78 is 5.43. The van der Waals surface area contributed by atoms with Crippen LogP contribution in [0.1, 0.15) is 39.1 Å². The summed E-state index contributed by atoms with van der Waals surface area (Å²) >= 11 is 0. The summed E-state index contributed by atoms with van der Waals surface area (Å²) in [6.45, 7) is -0.0834. The zero-order valence-corrected chi connectivity index (χ0v) is 17.8. The maximum atomic E-state index is 12.3. The van der Waals surface area contributed by atoms with Gasteiger partial charge in [0, 0.05) is 18.0 Å². The van der Waals surface area contributed by atoms with E-state index in [9.17, 15) is 19.8 Å². The second-order valence-corrected chi connectivity index (χ2v) is 7.82. The molecule has 0 radical (unpaired) electrons. The number of ether oxygens (including phenoxy) is 1. The number of rotatable bonds is 7. The highest BCUT2D eigenvalue weighted by molar-refractivity contribution is 5.93. The molecule has 1 aliphatic rings. The molecule has 4 rings (SSSR count). The fourth-order valence-corrected chi connectivity index (χ4v) is 4.12. The largest absolute Gasteiger partial charge is 0.449 e. The molecule has 0 saturated carbocycles. The van der Waals surface area contributed by atoms with E-state index in [0.29, 0.717) is 5.56 Å². The quantitative estimate of drug-likeness (QED) is 0.214. The summed E-state index contributed by atoms with van der Waals surface area (Å²) in [4.78, 5) is 23.9. The molecule has 6 N–H and O–H groups in total. The van der Waals surface area contributed by atoms with Crippen molar-refractivity contribution in [2.45, 2.75) is 18.1 Å². The molecule has 3 aromatic carbocycles. The van der Waals surface area contributed by atoms with Gasteiger partial charge in [-0.25, -0.2) is 10.6 Å². The number of nitrogens with two attached hydrogens (primary N) is 1. The van der Waals surface area contributed by atoms with Crippen LogP contribution in [0.25, 0.3) is 11.1 Å². The molecule has 170 valence electrons. The summed E-state index contributed by atoms with van der Waals surface area (Å²) in [7, 11) is 0. The number of nitrogens with one attached hydrogen (secondary N) is 2. The van der Waals surface area contributed by atoms with Crippen molar-refractivity contribution in [2.24, 2.45) is 5.84 Å². The molecule has 2 unspecified atom stereocenters. The summed E-state index contributed by atoms with van der Waals surface area (Å²) in [5.41, 5.74) is 7.03. The molecule has 0 aliphatic heterocycles. The number of nitrogen functional groups attached to an aromatic ring is 1. The van der Waals surface area contributed by atoms with Gasteiger partial charge < -0.3 is 20.3 Å². The first kappa shape index (κ1) is 22.5. The van der Waals surface area contributed by atoms with Crippen molar-refractivity contribution in [1.82, 2.24) is 10.7 Å². The second kappa shape index (κ2) is 9.83. The molecule has 33 heavy (non-hydrogen) atoms. The Morgan fingerprint density at radius 3 is 2.21 bits per heavy atom. The Labute approximate surface area is 191 Å². The van der Waals surface area contributed by atoms with Crippen LogP contribution in [0.4, 0.5) is 4.79 Å². The van der Waals surface area contributed by atoms with Crippen molar-refractivity contribution >= 4 is 12.0 Å². The molecule has 1 aliphatic carbocycles. The summed E-state index contributed by atoms with van der Waals surface area (Å²) in [6, 6.07) is 22.1. The minimum Gasteiger partial charge on any atom is -0.449 e. The van der Waals surface area contributed by atoms with Crippen LogP contribution in [-0.2, 0) is 4.74 Å². The molecule has 3 aromatic rings. The van der Waals surface area contributed by atoms with Crippen molar-refractivity contribution in [1.29, 1.82) is 0 Å². The zero-order chi connectivity index (χ0) is 23.4. The number of carbonyl (C=O) groups excluding carboxylic acids is 2. The van der Waals surface area contributed by atoms with Crippen molar-refractivity contribution < 1.29 is 24.5 Å². The number of hydrogen-bond acceptors (Lipinski definition) is 6. The van der Waals surface area contributed by atoms with Gasteiger partial charge in [0.25, 0.3) is 5.91 Å². The fourth-order valence-electron chi connectivity index (χ4n) is 4.12. The molecule has 0 fully saturated rings. The minimum atomic E-state index is -1.32. The molecular weight excluding hydrogens is 422 g/mol. The van der Waals surface area contributed by atoms with Gasteiger partial charge in [-0.2, -0.15) is 0 Å². The van der Waals surface area contributed by atoms with Crippen LogP contribution in [-0.4, -0.2) is 41.5 Å². The molecule has 0 bridgehead atoms. The van der Waals surface area contributed by atoms with E-state index in [-0.39, 0.29) is 24.6 Å². The average molecular weight is 447 g/mol. The molecule has 2 atom stereocenters. The number of hydrogen-bond donors (Lipinski definition) is 5. The third-order valence-electron chi connectivity index (χ3n) is 5.79. The minimum absolute atomic E-state index is 0.0740. The molecule has 2 amide bonds. The summed E-state index contributed by atoms with van der Waals surface area (Å²) in [5, 5.41) is 23.2. The van der Waals surface area contributed by atoms with E-state index < -0.39 is 24.2 Å². The van der Waals surface area contributed by atoms with Gasteiger partial charge in [0.2, 0.25) is 0 Å². The van der Waals surface area contributed by atoms with Crippen LogP contribution in [0.2, 0.25) is 0 Å². The number of benzene rings is 3. The van der Waals surface area contributed by atoms with E-state index in [1.807, 2.05) is 41.8 Å². The Morgan fingerprint density at radius 2 is 1.58 bits per heavy atom. The molecule has 0 saturated heterocycles. The van der Waals surface area contributed by atoms with Crippen LogP contribution in [0, 0.1) is 0 Å². The topological polar surface area (TPSA) is 134 Å². The highest BCUT2D eigenvalue weighted by Crippen LogP contribution is 2.44. The lowest BCUT2D eigenvalue weighted by Crippen LogP contribution is -2.36. The Hall–Kier alpha value is -3.72. The van der Waals surface area contributed by atoms with Gasteiger partial charge in [0.1, 0.15) is 18.8 Å². The molecule has 0 heterocycles. The highest BCUT2D eigenvalue weighted by atomic mass is 16.5. The Bertz CT molecular complexity index is 1120. The molecule has 8 nitrogen and oxygen atoms in total. The molecule has 0 spiro atoms. The van der Waals surface area contributed by atoms with Gasteiger partial charge in [-0.05, 0) is 39.9 Å². The summed E-state index contributed by atoms with van der Waals surface area (Å²) in [6.07, 6.45) is -3.31. The van der Waals surface area contributed by atoms with E-state index in [4.69, 9.17) is 10.6 Å². The summed E-state index contributed by atoms with van der Waals surface area (Å²) in [5.74, 6) is 4.53. The smallest absolute Gasteiger partial charge is 0.407 e. The van der Waals surface area contributed by atoms with Crippen molar-refractivity contribution in [3.63, 3.8) is 0 Å². The highest BCUT2D eigenvalue weighted by Gasteiger charge is 2.29. The van der Waals surface area contributed by atoms with Crippen LogP contribution in [0.15, 0.2) is 72.8 Å².